The monoisotopic (exact) mass is 394 g/mol. The van der Waals surface area contributed by atoms with Crippen LogP contribution >= 0.6 is 15.9 Å². The third-order valence-corrected chi connectivity index (χ3v) is 3.92. The fraction of sp³-hybridized carbons (Fsp3) is 0.294. The maximum absolute atomic E-state index is 12.1. The van der Waals surface area contributed by atoms with Crippen molar-refractivity contribution in [1.29, 1.82) is 0 Å². The number of carbonyl (C=O) groups excluding carboxylic acids is 2. The standard InChI is InChI=1S/C17H20BrN3O3/c1-12-8-13(18)5-6-15(12)20-17(23)11-21(2)10-16(22)19-9-14-4-3-7-24-14/h3-8H,9-11H2,1-2H3,(H,19,22)(H,20,23)/p+1. The first kappa shape index (κ1) is 18.2. The van der Waals surface area contributed by atoms with Crippen LogP contribution in [-0.4, -0.2) is 32.0 Å². The molecule has 0 aliphatic heterocycles. The van der Waals surface area contributed by atoms with Gasteiger partial charge in [-0.05, 0) is 42.8 Å². The number of anilines is 1. The summed E-state index contributed by atoms with van der Waals surface area (Å²) in [5.41, 5.74) is 1.75. The van der Waals surface area contributed by atoms with Crippen molar-refractivity contribution in [2.45, 2.75) is 13.5 Å². The normalized spacial score (nSPS) is 11.8. The Morgan fingerprint density at radius 1 is 1.21 bits per heavy atom. The minimum absolute atomic E-state index is 0.128. The van der Waals surface area contributed by atoms with Gasteiger partial charge < -0.3 is 20.0 Å². The highest BCUT2D eigenvalue weighted by atomic mass is 79.9. The van der Waals surface area contributed by atoms with Crippen LogP contribution in [0.2, 0.25) is 0 Å². The summed E-state index contributed by atoms with van der Waals surface area (Å²) >= 11 is 3.39. The van der Waals surface area contributed by atoms with Gasteiger partial charge >= 0.3 is 0 Å². The summed E-state index contributed by atoms with van der Waals surface area (Å²) < 4.78 is 6.12. The molecule has 2 aromatic rings. The highest BCUT2D eigenvalue weighted by Gasteiger charge is 2.15. The van der Waals surface area contributed by atoms with E-state index in [9.17, 15) is 9.59 Å². The number of carbonyl (C=O) groups is 2. The molecule has 1 atom stereocenters. The molecule has 2 amide bonds. The van der Waals surface area contributed by atoms with Crippen molar-refractivity contribution in [1.82, 2.24) is 5.32 Å². The number of likely N-dealkylation sites (N-methyl/N-ethyl adjacent to an activating group) is 1. The number of amides is 2. The van der Waals surface area contributed by atoms with Crippen LogP contribution in [0.15, 0.2) is 45.5 Å². The first-order valence-corrected chi connectivity index (χ1v) is 8.39. The molecule has 0 fully saturated rings. The molecular weight excluding hydrogens is 374 g/mol. The molecule has 128 valence electrons. The van der Waals surface area contributed by atoms with Gasteiger partial charge in [-0.1, -0.05) is 15.9 Å². The molecule has 0 radical (unpaired) electrons. The summed E-state index contributed by atoms with van der Waals surface area (Å²) in [6, 6.07) is 9.23. The van der Waals surface area contributed by atoms with Gasteiger partial charge in [0.05, 0.1) is 19.9 Å². The first-order valence-electron chi connectivity index (χ1n) is 7.60. The molecule has 1 heterocycles. The van der Waals surface area contributed by atoms with Crippen LogP contribution in [0.25, 0.3) is 0 Å². The zero-order valence-electron chi connectivity index (χ0n) is 13.7. The van der Waals surface area contributed by atoms with E-state index in [4.69, 9.17) is 4.42 Å². The summed E-state index contributed by atoms with van der Waals surface area (Å²) in [7, 11) is 1.81. The number of hydrogen-bond donors (Lipinski definition) is 3. The van der Waals surface area contributed by atoms with Crippen molar-refractivity contribution < 1.29 is 18.9 Å². The topological polar surface area (TPSA) is 75.8 Å². The average molecular weight is 395 g/mol. The molecule has 2 rings (SSSR count). The Bertz CT molecular complexity index is 701. The predicted molar refractivity (Wildman–Crippen MR) is 94.7 cm³/mol. The van der Waals surface area contributed by atoms with Gasteiger partial charge in [-0.15, -0.1) is 0 Å². The molecule has 0 aliphatic rings. The molecular formula is C17H21BrN3O3+. The van der Waals surface area contributed by atoms with Crippen molar-refractivity contribution in [3.63, 3.8) is 0 Å². The second-order valence-corrected chi connectivity index (χ2v) is 6.59. The van der Waals surface area contributed by atoms with E-state index in [-0.39, 0.29) is 24.9 Å². The SMILES string of the molecule is Cc1cc(Br)ccc1NC(=O)C[NH+](C)CC(=O)NCc1ccco1. The molecule has 0 spiro atoms. The predicted octanol–water partition coefficient (Wildman–Crippen LogP) is 1.12. The fourth-order valence-corrected chi connectivity index (χ4v) is 2.71. The zero-order valence-corrected chi connectivity index (χ0v) is 15.3. The van der Waals surface area contributed by atoms with Gasteiger partial charge in [-0.2, -0.15) is 0 Å². The second-order valence-electron chi connectivity index (χ2n) is 5.67. The molecule has 6 nitrogen and oxygen atoms in total. The van der Waals surface area contributed by atoms with Gasteiger partial charge in [-0.25, -0.2) is 0 Å². The van der Waals surface area contributed by atoms with E-state index < -0.39 is 0 Å². The molecule has 1 aromatic heterocycles. The lowest BCUT2D eigenvalue weighted by Crippen LogP contribution is -3.11. The van der Waals surface area contributed by atoms with E-state index in [0.29, 0.717) is 12.3 Å². The van der Waals surface area contributed by atoms with Gasteiger partial charge in [0.1, 0.15) is 5.76 Å². The quantitative estimate of drug-likeness (QED) is 0.658. The smallest absolute Gasteiger partial charge is 0.279 e. The van der Waals surface area contributed by atoms with Crippen LogP contribution in [0.4, 0.5) is 5.69 Å². The minimum Gasteiger partial charge on any atom is -0.467 e. The Morgan fingerprint density at radius 3 is 2.62 bits per heavy atom. The molecule has 1 unspecified atom stereocenters. The maximum atomic E-state index is 12.1. The van der Waals surface area contributed by atoms with Crippen LogP contribution < -0.4 is 15.5 Å². The van der Waals surface area contributed by atoms with Crippen molar-refractivity contribution in [2.24, 2.45) is 0 Å². The molecule has 3 N–H and O–H groups in total. The highest BCUT2D eigenvalue weighted by molar-refractivity contribution is 9.10. The molecule has 0 saturated heterocycles. The van der Waals surface area contributed by atoms with Crippen molar-refractivity contribution in [3.8, 4) is 0 Å². The van der Waals surface area contributed by atoms with Gasteiger partial charge in [-0.3, -0.25) is 9.59 Å². The second kappa shape index (κ2) is 8.65. The maximum Gasteiger partial charge on any atom is 0.279 e. The summed E-state index contributed by atoms with van der Waals surface area (Å²) in [5.74, 6) is 0.442. The van der Waals surface area contributed by atoms with Crippen LogP contribution in [-0.2, 0) is 16.1 Å². The minimum atomic E-state index is -0.128. The van der Waals surface area contributed by atoms with Crippen LogP contribution in [0, 0.1) is 6.92 Å². The number of quaternary nitrogens is 1. The highest BCUT2D eigenvalue weighted by Crippen LogP contribution is 2.19. The molecule has 0 aliphatic carbocycles. The summed E-state index contributed by atoms with van der Waals surface area (Å²) in [5, 5.41) is 5.63. The lowest BCUT2D eigenvalue weighted by Gasteiger charge is -2.14. The molecule has 24 heavy (non-hydrogen) atoms. The summed E-state index contributed by atoms with van der Waals surface area (Å²) in [4.78, 5) is 24.8. The Labute approximate surface area is 149 Å². The van der Waals surface area contributed by atoms with E-state index in [1.165, 1.54) is 0 Å². The lowest BCUT2D eigenvalue weighted by molar-refractivity contribution is -0.862. The largest absolute Gasteiger partial charge is 0.467 e. The first-order chi connectivity index (χ1) is 11.4. The Kier molecular flexibility index (Phi) is 6.57. The summed E-state index contributed by atoms with van der Waals surface area (Å²) in [6.45, 7) is 2.71. The summed E-state index contributed by atoms with van der Waals surface area (Å²) in [6.07, 6.45) is 1.56. The average Bonchev–Trinajstić information content (AvgIpc) is 3.01. The Hall–Kier alpha value is -2.12. The van der Waals surface area contributed by atoms with Gasteiger partial charge in [0.2, 0.25) is 0 Å². The van der Waals surface area contributed by atoms with Crippen LogP contribution in [0.3, 0.4) is 0 Å². The number of furan rings is 1. The molecule has 0 saturated carbocycles. The third kappa shape index (κ3) is 5.82. The van der Waals surface area contributed by atoms with Crippen molar-refractivity contribution in [2.75, 3.05) is 25.5 Å². The number of hydrogen-bond acceptors (Lipinski definition) is 3. The lowest BCUT2D eigenvalue weighted by atomic mass is 10.2. The van der Waals surface area contributed by atoms with Crippen LogP contribution in [0.5, 0.6) is 0 Å². The molecule has 0 bridgehead atoms. The molecule has 1 aromatic carbocycles. The van der Waals surface area contributed by atoms with Crippen molar-refractivity contribution in [3.05, 3.63) is 52.4 Å². The van der Waals surface area contributed by atoms with E-state index >= 15 is 0 Å². The number of halogens is 1. The van der Waals surface area contributed by atoms with E-state index in [0.717, 1.165) is 20.6 Å². The van der Waals surface area contributed by atoms with E-state index in [2.05, 4.69) is 26.6 Å². The van der Waals surface area contributed by atoms with Crippen LogP contribution in [0.1, 0.15) is 11.3 Å². The van der Waals surface area contributed by atoms with Gasteiger partial charge in [0.15, 0.2) is 13.1 Å². The number of nitrogens with one attached hydrogen (secondary N) is 3. The van der Waals surface area contributed by atoms with Gasteiger partial charge in [0, 0.05) is 10.2 Å². The Balaban J connectivity index is 1.75. The molecule has 7 heteroatoms. The van der Waals surface area contributed by atoms with Crippen molar-refractivity contribution >= 4 is 33.4 Å². The van der Waals surface area contributed by atoms with E-state index in [1.807, 2.05) is 25.1 Å². The Morgan fingerprint density at radius 2 is 1.96 bits per heavy atom. The number of aryl methyl sites for hydroxylation is 1. The third-order valence-electron chi connectivity index (χ3n) is 3.43. The van der Waals surface area contributed by atoms with Gasteiger partial charge in [0.25, 0.3) is 11.8 Å². The number of rotatable bonds is 7. The zero-order chi connectivity index (χ0) is 17.5. The van der Waals surface area contributed by atoms with E-state index in [1.54, 1.807) is 25.4 Å². The fourth-order valence-electron chi connectivity index (χ4n) is 2.23. The number of benzene rings is 1.